The second-order valence-corrected chi connectivity index (χ2v) is 4.86. The van der Waals surface area contributed by atoms with Gasteiger partial charge in [0.05, 0.1) is 0 Å². The van der Waals surface area contributed by atoms with E-state index in [0.717, 1.165) is 5.56 Å². The van der Waals surface area contributed by atoms with Crippen LogP contribution in [0.1, 0.15) is 24.4 Å². The maximum absolute atomic E-state index is 12.1. The Hall–Kier alpha value is -2.57. The standard InChI is InChI=1S/C14H19N5O2/c15-14(16)17-8-4-7-10-12(20)19-11(13(21)18-10)9-5-2-1-3-6-9/h1-3,5-6,10-11H,4,7-8H2,(H,18,21)(H,19,20)(H4,15,16,17)/t10-,11+/m0/s1. The van der Waals surface area contributed by atoms with Crippen molar-refractivity contribution in [3.05, 3.63) is 35.9 Å². The molecule has 7 nitrogen and oxygen atoms in total. The Kier molecular flexibility index (Phi) is 4.76. The summed E-state index contributed by atoms with van der Waals surface area (Å²) >= 11 is 0. The molecule has 0 unspecified atom stereocenters. The van der Waals surface area contributed by atoms with Crippen LogP contribution in [0.3, 0.4) is 0 Å². The Morgan fingerprint density at radius 2 is 1.81 bits per heavy atom. The molecule has 0 radical (unpaired) electrons. The molecular formula is C14H19N5O2. The van der Waals surface area contributed by atoms with Gasteiger partial charge in [0, 0.05) is 6.54 Å². The van der Waals surface area contributed by atoms with Crippen molar-refractivity contribution < 1.29 is 9.59 Å². The van der Waals surface area contributed by atoms with Crippen molar-refractivity contribution in [1.29, 1.82) is 0 Å². The van der Waals surface area contributed by atoms with Gasteiger partial charge in [-0.15, -0.1) is 0 Å². The summed E-state index contributed by atoms with van der Waals surface area (Å²) in [5.41, 5.74) is 11.2. The number of aliphatic imine (C=N–C) groups is 1. The average molecular weight is 289 g/mol. The second kappa shape index (κ2) is 6.74. The largest absolute Gasteiger partial charge is 0.370 e. The molecule has 112 valence electrons. The van der Waals surface area contributed by atoms with Gasteiger partial charge in [-0.1, -0.05) is 30.3 Å². The fraction of sp³-hybridized carbons (Fsp3) is 0.357. The SMILES string of the molecule is NC(N)=NCCC[C@@H]1NC(=O)[C@@H](c2ccccc2)NC1=O. The molecule has 1 aliphatic rings. The molecule has 2 amide bonds. The topological polar surface area (TPSA) is 123 Å². The van der Waals surface area contributed by atoms with Crippen LogP contribution in [0.4, 0.5) is 0 Å². The number of hydrogen-bond acceptors (Lipinski definition) is 3. The summed E-state index contributed by atoms with van der Waals surface area (Å²) in [6.45, 7) is 0.435. The smallest absolute Gasteiger partial charge is 0.247 e. The highest BCUT2D eigenvalue weighted by atomic mass is 16.2. The van der Waals surface area contributed by atoms with Crippen molar-refractivity contribution in [3.8, 4) is 0 Å². The maximum Gasteiger partial charge on any atom is 0.247 e. The molecule has 6 N–H and O–H groups in total. The first-order valence-corrected chi connectivity index (χ1v) is 6.79. The third kappa shape index (κ3) is 3.95. The molecule has 7 heteroatoms. The molecule has 1 aliphatic heterocycles. The fourth-order valence-electron chi connectivity index (χ4n) is 2.22. The Bertz CT molecular complexity index is 540. The van der Waals surface area contributed by atoms with Gasteiger partial charge < -0.3 is 22.1 Å². The minimum Gasteiger partial charge on any atom is -0.370 e. The van der Waals surface area contributed by atoms with Gasteiger partial charge in [0.25, 0.3) is 0 Å². The van der Waals surface area contributed by atoms with Crippen LogP contribution < -0.4 is 22.1 Å². The van der Waals surface area contributed by atoms with E-state index in [2.05, 4.69) is 15.6 Å². The molecule has 21 heavy (non-hydrogen) atoms. The molecule has 2 rings (SSSR count). The molecule has 1 aromatic rings. The van der Waals surface area contributed by atoms with E-state index in [-0.39, 0.29) is 17.8 Å². The third-order valence-electron chi connectivity index (χ3n) is 3.26. The number of nitrogens with zero attached hydrogens (tertiary/aromatic N) is 1. The molecule has 2 atom stereocenters. The van der Waals surface area contributed by atoms with Gasteiger partial charge in [-0.25, -0.2) is 0 Å². The maximum atomic E-state index is 12.1. The average Bonchev–Trinajstić information content (AvgIpc) is 2.47. The normalized spacial score (nSPS) is 21.3. The van der Waals surface area contributed by atoms with Gasteiger partial charge in [0.2, 0.25) is 11.8 Å². The first-order valence-electron chi connectivity index (χ1n) is 6.79. The molecule has 1 heterocycles. The first kappa shape index (κ1) is 14.8. The van der Waals surface area contributed by atoms with Crippen LogP contribution in [0.15, 0.2) is 35.3 Å². The number of nitrogens with one attached hydrogen (secondary N) is 2. The number of hydrogen-bond donors (Lipinski definition) is 4. The van der Waals surface area contributed by atoms with Gasteiger partial charge in [-0.2, -0.15) is 0 Å². The lowest BCUT2D eigenvalue weighted by molar-refractivity contribution is -0.137. The minimum absolute atomic E-state index is 0.0243. The van der Waals surface area contributed by atoms with E-state index in [0.29, 0.717) is 19.4 Å². The minimum atomic E-state index is -0.632. The van der Waals surface area contributed by atoms with Crippen LogP contribution in [0.25, 0.3) is 0 Å². The van der Waals surface area contributed by atoms with Gasteiger partial charge in [-0.05, 0) is 18.4 Å². The summed E-state index contributed by atoms with van der Waals surface area (Å²) in [4.78, 5) is 28.0. The lowest BCUT2D eigenvalue weighted by Crippen LogP contribution is -2.57. The Morgan fingerprint density at radius 1 is 1.10 bits per heavy atom. The van der Waals surface area contributed by atoms with Crippen molar-refractivity contribution in [2.45, 2.75) is 24.9 Å². The lowest BCUT2D eigenvalue weighted by Gasteiger charge is -2.29. The van der Waals surface area contributed by atoms with Gasteiger partial charge in [-0.3, -0.25) is 14.6 Å². The van der Waals surface area contributed by atoms with Gasteiger partial charge in [0.15, 0.2) is 5.96 Å². The van der Waals surface area contributed by atoms with Crippen molar-refractivity contribution >= 4 is 17.8 Å². The predicted molar refractivity (Wildman–Crippen MR) is 79.2 cm³/mol. The Morgan fingerprint density at radius 3 is 2.48 bits per heavy atom. The molecular weight excluding hydrogens is 270 g/mol. The Balaban J connectivity index is 1.92. The number of benzene rings is 1. The van der Waals surface area contributed by atoms with E-state index in [1.165, 1.54) is 0 Å². The summed E-state index contributed by atoms with van der Waals surface area (Å²) in [6.07, 6.45) is 1.11. The lowest BCUT2D eigenvalue weighted by atomic mass is 10.0. The zero-order valence-electron chi connectivity index (χ0n) is 11.6. The van der Waals surface area contributed by atoms with Crippen LogP contribution in [-0.2, 0) is 9.59 Å². The fourth-order valence-corrected chi connectivity index (χ4v) is 2.22. The highest BCUT2D eigenvalue weighted by Crippen LogP contribution is 2.17. The third-order valence-corrected chi connectivity index (χ3v) is 3.26. The molecule has 0 saturated carbocycles. The quantitative estimate of drug-likeness (QED) is 0.328. The van der Waals surface area contributed by atoms with E-state index >= 15 is 0 Å². The van der Waals surface area contributed by atoms with Crippen LogP contribution in [-0.4, -0.2) is 30.4 Å². The Labute approximate surface area is 122 Å². The van der Waals surface area contributed by atoms with Gasteiger partial charge >= 0.3 is 0 Å². The monoisotopic (exact) mass is 289 g/mol. The molecule has 0 aliphatic carbocycles. The number of carbonyl (C=O) groups is 2. The van der Waals surface area contributed by atoms with Crippen molar-refractivity contribution in [1.82, 2.24) is 10.6 Å². The van der Waals surface area contributed by atoms with Crippen molar-refractivity contribution in [2.75, 3.05) is 6.54 Å². The highest BCUT2D eigenvalue weighted by Gasteiger charge is 2.33. The number of guanidine groups is 1. The van der Waals surface area contributed by atoms with E-state index in [9.17, 15) is 9.59 Å². The molecule has 1 fully saturated rings. The van der Waals surface area contributed by atoms with Crippen LogP contribution in [0, 0.1) is 0 Å². The highest BCUT2D eigenvalue weighted by molar-refractivity contribution is 5.97. The molecule has 0 bridgehead atoms. The number of nitrogens with two attached hydrogens (primary N) is 2. The summed E-state index contributed by atoms with van der Waals surface area (Å²) < 4.78 is 0. The van der Waals surface area contributed by atoms with E-state index < -0.39 is 12.1 Å². The molecule has 1 aromatic carbocycles. The van der Waals surface area contributed by atoms with E-state index in [4.69, 9.17) is 11.5 Å². The summed E-state index contributed by atoms with van der Waals surface area (Å²) in [7, 11) is 0. The zero-order chi connectivity index (χ0) is 15.2. The zero-order valence-corrected chi connectivity index (χ0v) is 11.6. The van der Waals surface area contributed by atoms with Crippen molar-refractivity contribution in [3.63, 3.8) is 0 Å². The summed E-state index contributed by atoms with van der Waals surface area (Å²) in [5.74, 6) is -0.364. The number of amides is 2. The second-order valence-electron chi connectivity index (χ2n) is 4.86. The number of piperazine rings is 1. The first-order chi connectivity index (χ1) is 10.1. The molecule has 0 aromatic heterocycles. The van der Waals surface area contributed by atoms with Crippen LogP contribution in [0.5, 0.6) is 0 Å². The van der Waals surface area contributed by atoms with E-state index in [1.807, 2.05) is 30.3 Å². The molecule has 0 spiro atoms. The summed E-state index contributed by atoms with van der Waals surface area (Å²) in [6, 6.07) is 7.97. The predicted octanol–water partition coefficient (Wildman–Crippen LogP) is -0.604. The van der Waals surface area contributed by atoms with Gasteiger partial charge in [0.1, 0.15) is 12.1 Å². The van der Waals surface area contributed by atoms with Crippen LogP contribution in [0.2, 0.25) is 0 Å². The summed E-state index contributed by atoms with van der Waals surface area (Å²) in [5, 5.41) is 5.49. The molecule has 1 saturated heterocycles. The number of rotatable bonds is 5. The van der Waals surface area contributed by atoms with E-state index in [1.54, 1.807) is 0 Å². The van der Waals surface area contributed by atoms with Crippen molar-refractivity contribution in [2.24, 2.45) is 16.5 Å². The number of carbonyl (C=O) groups excluding carboxylic acids is 2. The van der Waals surface area contributed by atoms with Crippen LogP contribution >= 0.6 is 0 Å².